The van der Waals surface area contributed by atoms with Crippen LogP contribution in [-0.2, 0) is 14.3 Å². The predicted molar refractivity (Wildman–Crippen MR) is 117 cm³/mol. The second kappa shape index (κ2) is 9.16. The number of esters is 1. The van der Waals surface area contributed by atoms with E-state index in [1.54, 1.807) is 14.2 Å². The van der Waals surface area contributed by atoms with Crippen molar-refractivity contribution in [1.29, 1.82) is 0 Å². The Kier molecular flexibility index (Phi) is 6.35. The molecule has 0 saturated heterocycles. The molecule has 1 aromatic rings. The van der Waals surface area contributed by atoms with Crippen LogP contribution in [0.5, 0.6) is 11.5 Å². The standard InChI is InChI=1S/C25H31NO5/c1-15-22(25(28)31-17-8-5-4-6-9-17)23(24-18(26-15)10-7-11-19(24)27)16-12-13-20(29-2)21(14-16)30-3/h12-14,17,22-23,26H,1,4-11H2,2-3H3. The number of methoxy groups -OCH3 is 2. The maximum absolute atomic E-state index is 13.4. The number of ether oxygens (including phenoxy) is 3. The minimum Gasteiger partial charge on any atom is -0.493 e. The Morgan fingerprint density at radius 1 is 1.03 bits per heavy atom. The van der Waals surface area contributed by atoms with Gasteiger partial charge >= 0.3 is 5.97 Å². The zero-order chi connectivity index (χ0) is 22.0. The molecule has 0 aromatic heterocycles. The number of ketones is 1. The van der Waals surface area contributed by atoms with Crippen LogP contribution in [0.3, 0.4) is 0 Å². The maximum atomic E-state index is 13.4. The van der Waals surface area contributed by atoms with E-state index in [0.29, 0.717) is 29.2 Å². The largest absolute Gasteiger partial charge is 0.493 e. The molecule has 6 heteroatoms. The molecule has 1 N–H and O–H groups in total. The summed E-state index contributed by atoms with van der Waals surface area (Å²) in [5.74, 6) is -0.183. The highest BCUT2D eigenvalue weighted by Gasteiger charge is 2.44. The molecule has 3 aliphatic rings. The van der Waals surface area contributed by atoms with Crippen molar-refractivity contribution in [2.24, 2.45) is 5.92 Å². The average molecular weight is 426 g/mol. The topological polar surface area (TPSA) is 73.9 Å². The molecule has 1 saturated carbocycles. The molecular weight excluding hydrogens is 394 g/mol. The van der Waals surface area contributed by atoms with Gasteiger partial charge in [0.1, 0.15) is 12.0 Å². The number of rotatable bonds is 5. The van der Waals surface area contributed by atoms with Crippen molar-refractivity contribution < 1.29 is 23.8 Å². The van der Waals surface area contributed by atoms with Crippen LogP contribution in [0, 0.1) is 5.92 Å². The number of carbonyl (C=O) groups is 2. The first kappa shape index (κ1) is 21.5. The van der Waals surface area contributed by atoms with E-state index in [1.807, 2.05) is 18.2 Å². The van der Waals surface area contributed by atoms with Gasteiger partial charge in [-0.05, 0) is 56.2 Å². The van der Waals surface area contributed by atoms with E-state index in [2.05, 4.69) is 11.9 Å². The molecule has 2 aliphatic carbocycles. The highest BCUT2D eigenvalue weighted by atomic mass is 16.5. The lowest BCUT2D eigenvalue weighted by Crippen LogP contribution is -2.42. The number of carbonyl (C=O) groups excluding carboxylic acids is 2. The van der Waals surface area contributed by atoms with Crippen molar-refractivity contribution in [1.82, 2.24) is 5.32 Å². The smallest absolute Gasteiger partial charge is 0.316 e. The highest BCUT2D eigenvalue weighted by molar-refractivity contribution is 6.00. The summed E-state index contributed by atoms with van der Waals surface area (Å²) in [7, 11) is 3.16. The lowest BCUT2D eigenvalue weighted by atomic mass is 9.71. The summed E-state index contributed by atoms with van der Waals surface area (Å²) in [5.41, 5.74) is 2.97. The van der Waals surface area contributed by atoms with E-state index in [-0.39, 0.29) is 17.9 Å². The molecule has 6 nitrogen and oxygen atoms in total. The van der Waals surface area contributed by atoms with Crippen LogP contribution in [0.25, 0.3) is 0 Å². The summed E-state index contributed by atoms with van der Waals surface area (Å²) < 4.78 is 16.8. The van der Waals surface area contributed by atoms with E-state index in [0.717, 1.165) is 49.8 Å². The van der Waals surface area contributed by atoms with Gasteiger partial charge in [0.15, 0.2) is 17.3 Å². The number of benzene rings is 1. The summed E-state index contributed by atoms with van der Waals surface area (Å²) >= 11 is 0. The van der Waals surface area contributed by atoms with Gasteiger partial charge in [-0.15, -0.1) is 0 Å². The van der Waals surface area contributed by atoms with Crippen LogP contribution in [0.2, 0.25) is 0 Å². The van der Waals surface area contributed by atoms with Gasteiger partial charge in [0.05, 0.1) is 14.2 Å². The molecule has 0 bridgehead atoms. The fourth-order valence-corrected chi connectivity index (χ4v) is 5.10. The van der Waals surface area contributed by atoms with Crippen molar-refractivity contribution in [3.8, 4) is 11.5 Å². The van der Waals surface area contributed by atoms with Crippen molar-refractivity contribution in [2.75, 3.05) is 14.2 Å². The van der Waals surface area contributed by atoms with Gasteiger partial charge < -0.3 is 19.5 Å². The van der Waals surface area contributed by atoms with E-state index in [9.17, 15) is 9.59 Å². The molecule has 0 radical (unpaired) electrons. The zero-order valence-electron chi connectivity index (χ0n) is 18.4. The summed E-state index contributed by atoms with van der Waals surface area (Å²) in [6.07, 6.45) is 7.13. The second-order valence-electron chi connectivity index (χ2n) is 8.59. The first-order valence-corrected chi connectivity index (χ1v) is 11.2. The molecule has 2 unspecified atom stereocenters. The minimum atomic E-state index is -0.666. The summed E-state index contributed by atoms with van der Waals surface area (Å²) in [6.45, 7) is 4.16. The number of allylic oxidation sites excluding steroid dienone is 2. The van der Waals surface area contributed by atoms with Gasteiger partial charge in [-0.2, -0.15) is 0 Å². The van der Waals surface area contributed by atoms with Crippen molar-refractivity contribution >= 4 is 11.8 Å². The summed E-state index contributed by atoms with van der Waals surface area (Å²) in [6, 6.07) is 5.57. The molecule has 2 atom stereocenters. The minimum absolute atomic E-state index is 0.0578. The van der Waals surface area contributed by atoms with Crippen molar-refractivity contribution in [3.63, 3.8) is 0 Å². The van der Waals surface area contributed by atoms with Gasteiger partial charge in [-0.1, -0.05) is 19.1 Å². The van der Waals surface area contributed by atoms with Gasteiger partial charge in [0, 0.05) is 29.3 Å². The van der Waals surface area contributed by atoms with Crippen LogP contribution in [0.15, 0.2) is 41.7 Å². The van der Waals surface area contributed by atoms with Crippen LogP contribution < -0.4 is 14.8 Å². The molecule has 1 aliphatic heterocycles. The van der Waals surface area contributed by atoms with E-state index >= 15 is 0 Å². The third-order valence-corrected chi connectivity index (χ3v) is 6.64. The van der Waals surface area contributed by atoms with Crippen molar-refractivity contribution in [2.45, 2.75) is 63.4 Å². The highest BCUT2D eigenvalue weighted by Crippen LogP contribution is 2.46. The number of Topliss-reactive ketones (excluding diaryl/α,β-unsaturated/α-hetero) is 1. The Labute approximate surface area is 183 Å². The van der Waals surface area contributed by atoms with Crippen molar-refractivity contribution in [3.05, 3.63) is 47.3 Å². The third-order valence-electron chi connectivity index (χ3n) is 6.64. The number of hydrogen-bond acceptors (Lipinski definition) is 6. The monoisotopic (exact) mass is 425 g/mol. The van der Waals surface area contributed by atoms with Gasteiger partial charge in [0.25, 0.3) is 0 Å². The summed E-state index contributed by atoms with van der Waals surface area (Å²) in [4.78, 5) is 26.4. The van der Waals surface area contributed by atoms with Crippen LogP contribution in [0.1, 0.15) is 62.8 Å². The Hall–Kier alpha value is -2.76. The molecular formula is C25H31NO5. The first-order chi connectivity index (χ1) is 15.0. The third kappa shape index (κ3) is 4.21. The van der Waals surface area contributed by atoms with Gasteiger partial charge in [-0.25, -0.2) is 0 Å². The SMILES string of the molecule is C=C1NC2=C(C(=O)CCC2)C(c2ccc(OC)c(OC)c2)C1C(=O)OC1CCCCC1. The predicted octanol–water partition coefficient (Wildman–Crippen LogP) is 4.40. The molecule has 1 heterocycles. The van der Waals surface area contributed by atoms with Crippen LogP contribution in [-0.4, -0.2) is 32.1 Å². The number of hydrogen-bond donors (Lipinski definition) is 1. The molecule has 1 aromatic carbocycles. The first-order valence-electron chi connectivity index (χ1n) is 11.2. The summed E-state index contributed by atoms with van der Waals surface area (Å²) in [5, 5.41) is 3.28. The Bertz CT molecular complexity index is 912. The molecule has 166 valence electrons. The van der Waals surface area contributed by atoms with E-state index < -0.39 is 11.8 Å². The lowest BCUT2D eigenvalue weighted by Gasteiger charge is -2.39. The molecule has 31 heavy (non-hydrogen) atoms. The molecule has 1 fully saturated rings. The van der Waals surface area contributed by atoms with Gasteiger partial charge in [-0.3, -0.25) is 9.59 Å². The molecule has 0 spiro atoms. The molecule has 0 amide bonds. The number of nitrogens with one attached hydrogen (secondary N) is 1. The zero-order valence-corrected chi connectivity index (χ0v) is 18.4. The quantitative estimate of drug-likeness (QED) is 0.705. The van der Waals surface area contributed by atoms with E-state index in [1.165, 1.54) is 6.42 Å². The Balaban J connectivity index is 1.75. The van der Waals surface area contributed by atoms with E-state index in [4.69, 9.17) is 14.2 Å². The molecule has 4 rings (SSSR count). The van der Waals surface area contributed by atoms with Gasteiger partial charge in [0.2, 0.25) is 0 Å². The average Bonchev–Trinajstić information content (AvgIpc) is 2.78. The fraction of sp³-hybridized carbons (Fsp3) is 0.520. The Morgan fingerprint density at radius 3 is 2.48 bits per heavy atom. The van der Waals surface area contributed by atoms with Crippen LogP contribution in [0.4, 0.5) is 0 Å². The second-order valence-corrected chi connectivity index (χ2v) is 8.59. The maximum Gasteiger partial charge on any atom is 0.316 e. The lowest BCUT2D eigenvalue weighted by molar-refractivity contribution is -0.155. The normalized spacial score (nSPS) is 24.3. The fourth-order valence-electron chi connectivity index (χ4n) is 5.10. The van der Waals surface area contributed by atoms with Crippen LogP contribution >= 0.6 is 0 Å². The Morgan fingerprint density at radius 2 is 1.77 bits per heavy atom.